The lowest BCUT2D eigenvalue weighted by Crippen LogP contribution is -2.31. The molecule has 0 atom stereocenters. The zero-order valence-corrected chi connectivity index (χ0v) is 12.0. The minimum absolute atomic E-state index is 0.127. The molecule has 0 heterocycles. The predicted octanol–water partition coefficient (Wildman–Crippen LogP) is 0.661. The molecule has 21 heavy (non-hydrogen) atoms. The smallest absolute Gasteiger partial charge is 0.266 e. The fourth-order valence-corrected chi connectivity index (χ4v) is 1.48. The van der Waals surface area contributed by atoms with Crippen LogP contribution in [0.3, 0.4) is 0 Å². The average molecular weight is 309 g/mol. The molecule has 8 nitrogen and oxygen atoms in total. The van der Waals surface area contributed by atoms with Crippen molar-refractivity contribution in [2.45, 2.75) is 0 Å². The Labute approximate surface area is 126 Å². The minimum atomic E-state index is -0.782. The fourth-order valence-electron chi connectivity index (χ4n) is 1.34. The highest BCUT2D eigenvalue weighted by Gasteiger charge is 2.12. The second-order valence-corrected chi connectivity index (χ2v) is 4.11. The summed E-state index contributed by atoms with van der Waals surface area (Å²) in [5, 5.41) is 29.3. The fraction of sp³-hybridized carbons (Fsp3) is 0.167. The molecular weight excluding hydrogens is 296 g/mol. The van der Waals surface area contributed by atoms with E-state index in [2.05, 4.69) is 22.4 Å². The van der Waals surface area contributed by atoms with Gasteiger partial charge in [0.1, 0.15) is 5.75 Å². The molecule has 0 radical (unpaired) electrons. The first-order valence-corrected chi connectivity index (χ1v) is 6.11. The van der Waals surface area contributed by atoms with E-state index in [9.17, 15) is 15.2 Å². The molecule has 0 saturated carbocycles. The Morgan fingerprint density at radius 2 is 2.33 bits per heavy atom. The standard InChI is InChI=1S/C12H14N4O4S/c1-3-4-13-12(21)15-14-7-8-5-9(16(18)19)11(17)10(6-8)20-2/h3,5-7,17H,1,4H2,2H3,(H2,13,15,21)/p-1/b14-7-. The molecule has 0 fully saturated rings. The maximum Gasteiger partial charge on any atom is 0.266 e. The molecule has 1 rings (SSSR count). The lowest BCUT2D eigenvalue weighted by atomic mass is 10.2. The lowest BCUT2D eigenvalue weighted by molar-refractivity contribution is -0.398. The molecule has 0 aliphatic carbocycles. The van der Waals surface area contributed by atoms with Crippen molar-refractivity contribution in [2.24, 2.45) is 5.10 Å². The van der Waals surface area contributed by atoms with E-state index in [0.29, 0.717) is 12.1 Å². The molecule has 0 unspecified atom stereocenters. The van der Waals surface area contributed by atoms with Crippen LogP contribution in [0.15, 0.2) is 29.9 Å². The number of benzene rings is 1. The summed E-state index contributed by atoms with van der Waals surface area (Å²) in [6.07, 6.45) is 2.91. The van der Waals surface area contributed by atoms with Crippen LogP contribution in [0.5, 0.6) is 11.5 Å². The van der Waals surface area contributed by atoms with E-state index in [1.807, 2.05) is 0 Å². The summed E-state index contributed by atoms with van der Waals surface area (Å²) in [4.78, 5) is 10.0. The van der Waals surface area contributed by atoms with Gasteiger partial charge < -0.3 is 15.2 Å². The molecule has 1 aromatic rings. The van der Waals surface area contributed by atoms with Crippen LogP contribution in [-0.4, -0.2) is 29.9 Å². The average Bonchev–Trinajstić information content (AvgIpc) is 2.46. The molecule has 0 saturated heterocycles. The van der Waals surface area contributed by atoms with Gasteiger partial charge in [0.05, 0.1) is 18.2 Å². The number of methoxy groups -OCH3 is 1. The Kier molecular flexibility index (Phi) is 6.08. The third kappa shape index (κ3) is 4.73. The maximum absolute atomic E-state index is 11.6. The molecule has 9 heteroatoms. The SMILES string of the molecule is C=CCNC(=S)N/N=C\c1cc(OC)c([O-])c([N+](=O)[O-])c1. The summed E-state index contributed by atoms with van der Waals surface area (Å²) in [5.74, 6) is -0.909. The van der Waals surface area contributed by atoms with Crippen LogP contribution in [0, 0.1) is 10.1 Å². The molecule has 2 N–H and O–H groups in total. The van der Waals surface area contributed by atoms with Crippen molar-refractivity contribution >= 4 is 29.2 Å². The number of hydrogen-bond donors (Lipinski definition) is 2. The van der Waals surface area contributed by atoms with Crippen LogP contribution >= 0.6 is 12.2 Å². The van der Waals surface area contributed by atoms with Gasteiger partial charge in [0.25, 0.3) is 5.69 Å². The lowest BCUT2D eigenvalue weighted by Gasteiger charge is -2.13. The van der Waals surface area contributed by atoms with E-state index in [4.69, 9.17) is 17.0 Å². The van der Waals surface area contributed by atoms with Gasteiger partial charge in [-0.3, -0.25) is 15.5 Å². The Morgan fingerprint density at radius 3 is 2.90 bits per heavy atom. The molecule has 0 aromatic heterocycles. The Bertz CT molecular complexity index is 589. The van der Waals surface area contributed by atoms with E-state index in [-0.39, 0.29) is 10.9 Å². The normalized spacial score (nSPS) is 10.1. The first kappa shape index (κ1) is 16.4. The summed E-state index contributed by atoms with van der Waals surface area (Å²) in [7, 11) is 1.26. The van der Waals surface area contributed by atoms with Crippen molar-refractivity contribution in [3.8, 4) is 11.5 Å². The highest BCUT2D eigenvalue weighted by atomic mass is 32.1. The van der Waals surface area contributed by atoms with E-state index in [1.54, 1.807) is 6.08 Å². The van der Waals surface area contributed by atoms with Gasteiger partial charge >= 0.3 is 0 Å². The first-order valence-electron chi connectivity index (χ1n) is 5.70. The van der Waals surface area contributed by atoms with Crippen molar-refractivity contribution in [1.29, 1.82) is 0 Å². The van der Waals surface area contributed by atoms with Crippen LogP contribution in [0.1, 0.15) is 5.56 Å². The molecule has 1 aromatic carbocycles. The van der Waals surface area contributed by atoms with Gasteiger partial charge in [-0.15, -0.1) is 6.58 Å². The van der Waals surface area contributed by atoms with Crippen molar-refractivity contribution in [1.82, 2.24) is 10.7 Å². The number of ether oxygens (including phenoxy) is 1. The first-order chi connectivity index (χ1) is 9.99. The zero-order chi connectivity index (χ0) is 15.8. The number of nitro groups is 1. The summed E-state index contributed by atoms with van der Waals surface area (Å²) in [6.45, 7) is 4.00. The topological polar surface area (TPSA) is 112 Å². The third-order valence-corrected chi connectivity index (χ3v) is 2.50. The third-order valence-electron chi connectivity index (χ3n) is 2.26. The number of thiocarbonyl (C=S) groups is 1. The van der Waals surface area contributed by atoms with Gasteiger partial charge in [-0.25, -0.2) is 0 Å². The van der Waals surface area contributed by atoms with Gasteiger partial charge in [-0.1, -0.05) is 6.08 Å². The number of hydrogen-bond acceptors (Lipinski definition) is 6. The second kappa shape index (κ2) is 7.80. The predicted molar refractivity (Wildman–Crippen MR) is 80.6 cm³/mol. The highest BCUT2D eigenvalue weighted by molar-refractivity contribution is 7.80. The zero-order valence-electron chi connectivity index (χ0n) is 11.2. The van der Waals surface area contributed by atoms with Crippen LogP contribution in [0.25, 0.3) is 0 Å². The Morgan fingerprint density at radius 1 is 1.62 bits per heavy atom. The van der Waals surface area contributed by atoms with Crippen molar-refractivity contribution in [3.63, 3.8) is 0 Å². The maximum atomic E-state index is 11.6. The van der Waals surface area contributed by atoms with Crippen LogP contribution in [0.2, 0.25) is 0 Å². The molecule has 0 amide bonds. The number of rotatable bonds is 6. The van der Waals surface area contributed by atoms with Crippen molar-refractivity contribution in [2.75, 3.05) is 13.7 Å². The second-order valence-electron chi connectivity index (χ2n) is 3.70. The molecule has 0 bridgehead atoms. The molecule has 112 valence electrons. The summed E-state index contributed by atoms with van der Waals surface area (Å²) >= 11 is 4.90. The number of nitro benzene ring substituents is 1. The van der Waals surface area contributed by atoms with E-state index >= 15 is 0 Å². The van der Waals surface area contributed by atoms with Crippen LogP contribution in [-0.2, 0) is 0 Å². The highest BCUT2D eigenvalue weighted by Crippen LogP contribution is 2.33. The summed E-state index contributed by atoms with van der Waals surface area (Å²) in [6, 6.07) is 2.46. The number of nitrogens with one attached hydrogen (secondary N) is 2. The van der Waals surface area contributed by atoms with E-state index in [1.165, 1.54) is 19.4 Å². The van der Waals surface area contributed by atoms with Crippen LogP contribution in [0.4, 0.5) is 5.69 Å². The monoisotopic (exact) mass is 309 g/mol. The van der Waals surface area contributed by atoms with E-state index in [0.717, 1.165) is 6.07 Å². The largest absolute Gasteiger partial charge is 0.865 e. The van der Waals surface area contributed by atoms with Gasteiger partial charge in [-0.2, -0.15) is 5.10 Å². The van der Waals surface area contributed by atoms with E-state index < -0.39 is 16.4 Å². The van der Waals surface area contributed by atoms with Crippen molar-refractivity contribution < 1.29 is 14.8 Å². The molecule has 0 aliphatic heterocycles. The van der Waals surface area contributed by atoms with Gasteiger partial charge in [-0.05, 0) is 18.3 Å². The minimum Gasteiger partial charge on any atom is -0.865 e. The quantitative estimate of drug-likeness (QED) is 0.261. The van der Waals surface area contributed by atoms with Crippen LogP contribution < -0.4 is 20.6 Å². The Hall–Kier alpha value is -2.68. The van der Waals surface area contributed by atoms with Gasteiger partial charge in [0, 0.05) is 23.9 Å². The van der Waals surface area contributed by atoms with Gasteiger partial charge in [0.15, 0.2) is 5.11 Å². The molecular formula is C12H13N4O4S-. The molecule has 0 aliphatic rings. The Balaban J connectivity index is 2.88. The summed E-state index contributed by atoms with van der Waals surface area (Å²) < 4.78 is 4.81. The molecule has 0 spiro atoms. The van der Waals surface area contributed by atoms with Gasteiger partial charge in [0.2, 0.25) is 0 Å². The summed E-state index contributed by atoms with van der Waals surface area (Å²) in [5.41, 5.74) is 2.27. The number of nitrogens with zero attached hydrogens (tertiary/aromatic N) is 2. The number of hydrazone groups is 1. The van der Waals surface area contributed by atoms with Crippen molar-refractivity contribution in [3.05, 3.63) is 40.5 Å².